The third-order valence-electron chi connectivity index (χ3n) is 2.24. The molecule has 0 aliphatic rings. The summed E-state index contributed by atoms with van der Waals surface area (Å²) < 4.78 is 5.54. The molecule has 0 aliphatic carbocycles. The maximum atomic E-state index is 9.21. The molecule has 1 rings (SSSR count). The summed E-state index contributed by atoms with van der Waals surface area (Å²) in [6, 6.07) is 5.53. The molecule has 0 spiro atoms. The number of hydrogen-bond donors (Lipinski definition) is 2. The normalized spacial score (nSPS) is 12.5. The van der Waals surface area contributed by atoms with Gasteiger partial charge in [0, 0.05) is 17.1 Å². The van der Waals surface area contributed by atoms with E-state index in [0.717, 1.165) is 30.8 Å². The fourth-order valence-electron chi connectivity index (χ4n) is 1.44. The first-order valence-corrected chi connectivity index (χ1v) is 6.31. The van der Waals surface area contributed by atoms with Gasteiger partial charge in [-0.2, -0.15) is 0 Å². The molecule has 0 amide bonds. The minimum absolute atomic E-state index is 0.294. The molecule has 0 saturated carbocycles. The lowest BCUT2D eigenvalue weighted by molar-refractivity contribution is 0.122. The lowest BCUT2D eigenvalue weighted by Crippen LogP contribution is -2.17. The molecule has 0 saturated heterocycles. The molecule has 1 atom stereocenters. The van der Waals surface area contributed by atoms with E-state index in [9.17, 15) is 5.11 Å². The Morgan fingerprint density at radius 1 is 1.47 bits per heavy atom. The van der Waals surface area contributed by atoms with Gasteiger partial charge in [-0.25, -0.2) is 0 Å². The minimum atomic E-state index is -0.470. The van der Waals surface area contributed by atoms with Crippen LogP contribution in [-0.4, -0.2) is 24.4 Å². The molecule has 0 fully saturated rings. The number of hydrogen-bond acceptors (Lipinski definition) is 3. The van der Waals surface area contributed by atoms with E-state index < -0.39 is 6.10 Å². The molecule has 4 heteroatoms. The third-order valence-corrected chi connectivity index (χ3v) is 2.48. The zero-order chi connectivity index (χ0) is 12.7. The Labute approximate surface area is 108 Å². The van der Waals surface area contributed by atoms with Crippen LogP contribution in [0, 0.1) is 0 Å². The summed E-state index contributed by atoms with van der Waals surface area (Å²) in [6.07, 6.45) is 0.617. The molecule has 0 heterocycles. The van der Waals surface area contributed by atoms with Crippen molar-refractivity contribution in [3.63, 3.8) is 0 Å². The SMILES string of the molecule is CCCNCc1cc(Cl)ccc1OCC(C)O. The molecule has 3 nitrogen and oxygen atoms in total. The molecule has 1 aromatic rings. The van der Waals surface area contributed by atoms with Crippen LogP contribution in [-0.2, 0) is 6.54 Å². The van der Waals surface area contributed by atoms with Crippen LogP contribution in [0.4, 0.5) is 0 Å². The number of aliphatic hydroxyl groups excluding tert-OH is 1. The highest BCUT2D eigenvalue weighted by Gasteiger charge is 2.06. The lowest BCUT2D eigenvalue weighted by Gasteiger charge is -2.13. The third kappa shape index (κ3) is 5.39. The summed E-state index contributed by atoms with van der Waals surface area (Å²) in [4.78, 5) is 0. The van der Waals surface area contributed by atoms with Crippen LogP contribution in [0.2, 0.25) is 5.02 Å². The molecular formula is C13H20ClNO2. The molecule has 1 aromatic carbocycles. The topological polar surface area (TPSA) is 41.5 Å². The highest BCUT2D eigenvalue weighted by molar-refractivity contribution is 6.30. The van der Waals surface area contributed by atoms with Gasteiger partial charge < -0.3 is 15.2 Å². The van der Waals surface area contributed by atoms with E-state index >= 15 is 0 Å². The van der Waals surface area contributed by atoms with E-state index in [1.54, 1.807) is 13.0 Å². The highest BCUT2D eigenvalue weighted by atomic mass is 35.5. The standard InChI is InChI=1S/C13H20ClNO2/c1-3-6-15-8-11-7-12(14)4-5-13(11)17-9-10(2)16/h4-5,7,10,15-16H,3,6,8-9H2,1-2H3. The fourth-order valence-corrected chi connectivity index (χ4v) is 1.63. The van der Waals surface area contributed by atoms with Crippen molar-refractivity contribution in [1.82, 2.24) is 5.32 Å². The van der Waals surface area contributed by atoms with Gasteiger partial charge in [-0.15, -0.1) is 0 Å². The van der Waals surface area contributed by atoms with Gasteiger partial charge in [-0.3, -0.25) is 0 Å². The van der Waals surface area contributed by atoms with Gasteiger partial charge in [-0.1, -0.05) is 18.5 Å². The van der Waals surface area contributed by atoms with E-state index in [4.69, 9.17) is 16.3 Å². The quantitative estimate of drug-likeness (QED) is 0.738. The van der Waals surface area contributed by atoms with E-state index in [2.05, 4.69) is 12.2 Å². The number of benzene rings is 1. The average Bonchev–Trinajstić information content (AvgIpc) is 2.28. The van der Waals surface area contributed by atoms with Crippen molar-refractivity contribution in [3.05, 3.63) is 28.8 Å². The number of ether oxygens (including phenoxy) is 1. The van der Waals surface area contributed by atoms with Gasteiger partial charge in [0.2, 0.25) is 0 Å². The molecule has 1 unspecified atom stereocenters. The van der Waals surface area contributed by atoms with E-state index in [-0.39, 0.29) is 0 Å². The van der Waals surface area contributed by atoms with Crippen molar-refractivity contribution in [1.29, 1.82) is 0 Å². The van der Waals surface area contributed by atoms with Gasteiger partial charge in [-0.05, 0) is 38.1 Å². The molecule has 96 valence electrons. The summed E-state index contributed by atoms with van der Waals surface area (Å²) in [5.74, 6) is 0.777. The first-order chi connectivity index (χ1) is 8.13. The maximum Gasteiger partial charge on any atom is 0.124 e. The number of aliphatic hydroxyl groups is 1. The first-order valence-electron chi connectivity index (χ1n) is 5.93. The van der Waals surface area contributed by atoms with Gasteiger partial charge in [0.1, 0.15) is 12.4 Å². The van der Waals surface area contributed by atoms with Crippen LogP contribution in [0.15, 0.2) is 18.2 Å². The monoisotopic (exact) mass is 257 g/mol. The first kappa shape index (κ1) is 14.3. The highest BCUT2D eigenvalue weighted by Crippen LogP contribution is 2.23. The predicted octanol–water partition coefficient (Wildman–Crippen LogP) is 2.60. The summed E-state index contributed by atoms with van der Waals surface area (Å²) >= 11 is 5.96. The second-order valence-electron chi connectivity index (χ2n) is 4.09. The summed E-state index contributed by atoms with van der Waals surface area (Å²) in [6.45, 7) is 5.80. The number of rotatable bonds is 7. The van der Waals surface area contributed by atoms with Gasteiger partial charge in [0.25, 0.3) is 0 Å². The smallest absolute Gasteiger partial charge is 0.124 e. The second-order valence-corrected chi connectivity index (χ2v) is 4.53. The van der Waals surface area contributed by atoms with E-state index in [1.165, 1.54) is 0 Å². The van der Waals surface area contributed by atoms with Crippen LogP contribution in [0.5, 0.6) is 5.75 Å². The van der Waals surface area contributed by atoms with Gasteiger partial charge in [0.05, 0.1) is 6.10 Å². The Kier molecular flexibility index (Phi) is 6.34. The van der Waals surface area contributed by atoms with Crippen molar-refractivity contribution in [2.45, 2.75) is 32.9 Å². The largest absolute Gasteiger partial charge is 0.491 e. The zero-order valence-corrected chi connectivity index (χ0v) is 11.1. The van der Waals surface area contributed by atoms with E-state index in [1.807, 2.05) is 12.1 Å². The summed E-state index contributed by atoms with van der Waals surface area (Å²) in [5.41, 5.74) is 1.02. The zero-order valence-electron chi connectivity index (χ0n) is 10.4. The minimum Gasteiger partial charge on any atom is -0.491 e. The molecule has 2 N–H and O–H groups in total. The lowest BCUT2D eigenvalue weighted by atomic mass is 10.2. The van der Waals surface area contributed by atoms with E-state index in [0.29, 0.717) is 11.6 Å². The number of halogens is 1. The summed E-state index contributed by atoms with van der Waals surface area (Å²) in [7, 11) is 0. The molecule has 0 bridgehead atoms. The van der Waals surface area contributed by atoms with Crippen molar-refractivity contribution >= 4 is 11.6 Å². The van der Waals surface area contributed by atoms with Crippen LogP contribution < -0.4 is 10.1 Å². The Hall–Kier alpha value is -0.770. The Morgan fingerprint density at radius 2 is 2.24 bits per heavy atom. The fraction of sp³-hybridized carbons (Fsp3) is 0.538. The van der Waals surface area contributed by atoms with Gasteiger partial charge in [0.15, 0.2) is 0 Å². The van der Waals surface area contributed by atoms with Crippen molar-refractivity contribution < 1.29 is 9.84 Å². The van der Waals surface area contributed by atoms with Crippen LogP contribution in [0.3, 0.4) is 0 Å². The Balaban J connectivity index is 2.66. The van der Waals surface area contributed by atoms with Crippen LogP contribution >= 0.6 is 11.6 Å². The molecule has 17 heavy (non-hydrogen) atoms. The second kappa shape index (κ2) is 7.54. The van der Waals surface area contributed by atoms with Crippen molar-refractivity contribution in [2.24, 2.45) is 0 Å². The molecule has 0 aliphatic heterocycles. The molecular weight excluding hydrogens is 238 g/mol. The number of nitrogens with one attached hydrogen (secondary N) is 1. The Morgan fingerprint density at radius 3 is 2.88 bits per heavy atom. The van der Waals surface area contributed by atoms with Crippen molar-refractivity contribution in [2.75, 3.05) is 13.2 Å². The van der Waals surface area contributed by atoms with Gasteiger partial charge >= 0.3 is 0 Å². The Bertz CT molecular complexity index is 342. The maximum absolute atomic E-state index is 9.21. The molecule has 0 aromatic heterocycles. The van der Waals surface area contributed by atoms with Crippen LogP contribution in [0.25, 0.3) is 0 Å². The molecule has 0 radical (unpaired) electrons. The average molecular weight is 258 g/mol. The van der Waals surface area contributed by atoms with Crippen molar-refractivity contribution in [3.8, 4) is 5.75 Å². The predicted molar refractivity (Wildman–Crippen MR) is 70.6 cm³/mol. The summed E-state index contributed by atoms with van der Waals surface area (Å²) in [5, 5.41) is 13.2. The van der Waals surface area contributed by atoms with Crippen LogP contribution in [0.1, 0.15) is 25.8 Å².